The van der Waals surface area contributed by atoms with E-state index in [0.29, 0.717) is 0 Å². The van der Waals surface area contributed by atoms with Gasteiger partial charge in [0.15, 0.2) is 0 Å². The van der Waals surface area contributed by atoms with E-state index in [1.165, 1.54) is 0 Å². The largest absolute Gasteiger partial charge is 0.472 e. The molecule has 74 valence electrons. The SMILES string of the molecule is Cc1cocc1C(O)(CN)C(C)C. The third-order valence-corrected chi connectivity index (χ3v) is 2.59. The molecular weight excluding hydrogens is 166 g/mol. The Hall–Kier alpha value is -0.800. The van der Waals surface area contributed by atoms with Gasteiger partial charge in [-0.2, -0.15) is 0 Å². The van der Waals surface area contributed by atoms with Crippen molar-refractivity contribution >= 4 is 0 Å². The van der Waals surface area contributed by atoms with Crippen molar-refractivity contribution in [2.45, 2.75) is 26.4 Å². The van der Waals surface area contributed by atoms with E-state index in [9.17, 15) is 5.11 Å². The molecule has 0 radical (unpaired) electrons. The number of rotatable bonds is 3. The van der Waals surface area contributed by atoms with Gasteiger partial charge < -0.3 is 15.3 Å². The molecule has 1 atom stereocenters. The van der Waals surface area contributed by atoms with Crippen LogP contribution in [0.2, 0.25) is 0 Å². The summed E-state index contributed by atoms with van der Waals surface area (Å²) >= 11 is 0. The summed E-state index contributed by atoms with van der Waals surface area (Å²) in [6.07, 6.45) is 3.19. The Morgan fingerprint density at radius 1 is 1.54 bits per heavy atom. The molecule has 0 bridgehead atoms. The van der Waals surface area contributed by atoms with Crippen LogP contribution >= 0.6 is 0 Å². The average Bonchev–Trinajstić information content (AvgIpc) is 2.50. The van der Waals surface area contributed by atoms with Crippen LogP contribution in [0.3, 0.4) is 0 Å². The fourth-order valence-electron chi connectivity index (χ4n) is 1.46. The van der Waals surface area contributed by atoms with Crippen molar-refractivity contribution in [3.8, 4) is 0 Å². The highest BCUT2D eigenvalue weighted by Gasteiger charge is 2.33. The second-order valence-corrected chi connectivity index (χ2v) is 3.75. The fourth-order valence-corrected chi connectivity index (χ4v) is 1.46. The van der Waals surface area contributed by atoms with E-state index in [-0.39, 0.29) is 12.5 Å². The van der Waals surface area contributed by atoms with E-state index in [1.54, 1.807) is 12.5 Å². The summed E-state index contributed by atoms with van der Waals surface area (Å²) < 4.78 is 5.03. The summed E-state index contributed by atoms with van der Waals surface area (Å²) in [7, 11) is 0. The molecule has 0 aliphatic carbocycles. The highest BCUT2D eigenvalue weighted by atomic mass is 16.3. The molecular formula is C10H17NO2. The van der Waals surface area contributed by atoms with Crippen molar-refractivity contribution in [2.75, 3.05) is 6.54 Å². The van der Waals surface area contributed by atoms with Crippen LogP contribution < -0.4 is 5.73 Å². The van der Waals surface area contributed by atoms with Gasteiger partial charge >= 0.3 is 0 Å². The Bertz CT molecular complexity index is 280. The molecule has 0 aromatic carbocycles. The molecule has 13 heavy (non-hydrogen) atoms. The van der Waals surface area contributed by atoms with Crippen LogP contribution in [-0.2, 0) is 5.60 Å². The summed E-state index contributed by atoms with van der Waals surface area (Å²) in [5, 5.41) is 10.3. The molecule has 0 aliphatic rings. The van der Waals surface area contributed by atoms with Crippen molar-refractivity contribution < 1.29 is 9.52 Å². The molecule has 1 aromatic rings. The van der Waals surface area contributed by atoms with Crippen LogP contribution in [0.5, 0.6) is 0 Å². The Balaban J connectivity index is 3.10. The zero-order chi connectivity index (χ0) is 10.1. The van der Waals surface area contributed by atoms with Gasteiger partial charge in [0.1, 0.15) is 5.60 Å². The standard InChI is InChI=1S/C10H17NO2/c1-7(2)10(12,6-11)9-5-13-4-8(9)3/h4-5,7,12H,6,11H2,1-3H3. The van der Waals surface area contributed by atoms with Gasteiger partial charge in [-0.05, 0) is 18.4 Å². The van der Waals surface area contributed by atoms with Crippen LogP contribution in [0.25, 0.3) is 0 Å². The molecule has 0 amide bonds. The van der Waals surface area contributed by atoms with Gasteiger partial charge in [0.2, 0.25) is 0 Å². The van der Waals surface area contributed by atoms with Crippen molar-refractivity contribution in [2.24, 2.45) is 11.7 Å². The fraction of sp³-hybridized carbons (Fsp3) is 0.600. The summed E-state index contributed by atoms with van der Waals surface area (Å²) in [4.78, 5) is 0. The Kier molecular flexibility index (Phi) is 2.78. The van der Waals surface area contributed by atoms with Gasteiger partial charge in [-0.15, -0.1) is 0 Å². The quantitative estimate of drug-likeness (QED) is 0.744. The predicted molar refractivity (Wildman–Crippen MR) is 51.2 cm³/mol. The van der Waals surface area contributed by atoms with Crippen LogP contribution in [0.4, 0.5) is 0 Å². The molecule has 1 unspecified atom stereocenters. The van der Waals surface area contributed by atoms with Gasteiger partial charge in [-0.3, -0.25) is 0 Å². The minimum absolute atomic E-state index is 0.0776. The smallest absolute Gasteiger partial charge is 0.107 e. The Morgan fingerprint density at radius 2 is 2.15 bits per heavy atom. The summed E-state index contributed by atoms with van der Waals surface area (Å²) in [5.74, 6) is 0.0776. The minimum Gasteiger partial charge on any atom is -0.472 e. The molecule has 1 aromatic heterocycles. The number of furan rings is 1. The first-order valence-electron chi connectivity index (χ1n) is 4.48. The van der Waals surface area contributed by atoms with Crippen LogP contribution in [0.15, 0.2) is 16.9 Å². The normalized spacial score (nSPS) is 16.2. The van der Waals surface area contributed by atoms with Crippen LogP contribution in [0.1, 0.15) is 25.0 Å². The first-order valence-corrected chi connectivity index (χ1v) is 4.48. The summed E-state index contributed by atoms with van der Waals surface area (Å²) in [5.41, 5.74) is 6.36. The van der Waals surface area contributed by atoms with E-state index in [4.69, 9.17) is 10.2 Å². The number of aliphatic hydroxyl groups is 1. The third-order valence-electron chi connectivity index (χ3n) is 2.59. The van der Waals surface area contributed by atoms with Gasteiger partial charge in [-0.1, -0.05) is 13.8 Å². The predicted octanol–water partition coefficient (Wildman–Crippen LogP) is 1.39. The molecule has 0 saturated heterocycles. The molecule has 3 N–H and O–H groups in total. The van der Waals surface area contributed by atoms with Crippen molar-refractivity contribution in [1.82, 2.24) is 0 Å². The Labute approximate surface area is 78.5 Å². The maximum Gasteiger partial charge on any atom is 0.107 e. The lowest BCUT2D eigenvalue weighted by Crippen LogP contribution is -2.40. The lowest BCUT2D eigenvalue weighted by atomic mass is 9.83. The van der Waals surface area contributed by atoms with Crippen molar-refractivity contribution in [3.63, 3.8) is 0 Å². The number of aryl methyl sites for hydroxylation is 1. The molecule has 3 nitrogen and oxygen atoms in total. The van der Waals surface area contributed by atoms with Gasteiger partial charge in [0.05, 0.1) is 12.5 Å². The minimum atomic E-state index is -0.961. The molecule has 0 saturated carbocycles. The summed E-state index contributed by atoms with van der Waals surface area (Å²) in [6, 6.07) is 0. The van der Waals surface area contributed by atoms with Gasteiger partial charge in [0, 0.05) is 12.1 Å². The second-order valence-electron chi connectivity index (χ2n) is 3.75. The molecule has 0 aliphatic heterocycles. The monoisotopic (exact) mass is 183 g/mol. The first-order chi connectivity index (χ1) is 6.02. The number of nitrogens with two attached hydrogens (primary N) is 1. The second kappa shape index (κ2) is 3.52. The summed E-state index contributed by atoms with van der Waals surface area (Å²) in [6.45, 7) is 6.01. The van der Waals surface area contributed by atoms with E-state index in [2.05, 4.69) is 0 Å². The topological polar surface area (TPSA) is 59.4 Å². The van der Waals surface area contributed by atoms with E-state index in [1.807, 2.05) is 20.8 Å². The highest BCUT2D eigenvalue weighted by Crippen LogP contribution is 2.31. The van der Waals surface area contributed by atoms with Crippen molar-refractivity contribution in [1.29, 1.82) is 0 Å². The molecule has 1 heterocycles. The van der Waals surface area contributed by atoms with Gasteiger partial charge in [0.25, 0.3) is 0 Å². The molecule has 0 fully saturated rings. The van der Waals surface area contributed by atoms with Crippen LogP contribution in [0, 0.1) is 12.8 Å². The Morgan fingerprint density at radius 3 is 2.46 bits per heavy atom. The molecule has 1 rings (SSSR count). The van der Waals surface area contributed by atoms with Crippen molar-refractivity contribution in [3.05, 3.63) is 23.7 Å². The third kappa shape index (κ3) is 1.62. The molecule has 3 heteroatoms. The maximum atomic E-state index is 10.3. The maximum absolute atomic E-state index is 10.3. The van der Waals surface area contributed by atoms with E-state index in [0.717, 1.165) is 11.1 Å². The zero-order valence-corrected chi connectivity index (χ0v) is 8.37. The molecule has 0 spiro atoms. The average molecular weight is 183 g/mol. The number of hydrogen-bond donors (Lipinski definition) is 2. The van der Waals surface area contributed by atoms with E-state index >= 15 is 0 Å². The van der Waals surface area contributed by atoms with Gasteiger partial charge in [-0.25, -0.2) is 0 Å². The number of hydrogen-bond acceptors (Lipinski definition) is 3. The lowest BCUT2D eigenvalue weighted by molar-refractivity contribution is -0.00213. The first kappa shape index (κ1) is 10.3. The van der Waals surface area contributed by atoms with Crippen LogP contribution in [-0.4, -0.2) is 11.7 Å². The highest BCUT2D eigenvalue weighted by molar-refractivity contribution is 5.27. The lowest BCUT2D eigenvalue weighted by Gasteiger charge is -2.30. The van der Waals surface area contributed by atoms with E-state index < -0.39 is 5.60 Å². The zero-order valence-electron chi connectivity index (χ0n) is 8.37.